The van der Waals surface area contributed by atoms with Crippen LogP contribution in [0.25, 0.3) is 0 Å². The molecule has 3 aromatic rings. The van der Waals surface area contributed by atoms with Crippen LogP contribution in [0, 0.1) is 0 Å². The van der Waals surface area contributed by atoms with E-state index >= 15 is 0 Å². The molecule has 7 heteroatoms. The molecule has 0 aliphatic rings. The molecular weight excluding hydrogens is 340 g/mol. The van der Waals surface area contributed by atoms with Gasteiger partial charge in [-0.25, -0.2) is 0 Å². The predicted octanol–water partition coefficient (Wildman–Crippen LogP) is 3.54. The summed E-state index contributed by atoms with van der Waals surface area (Å²) in [6.45, 7) is 0.731. The Hall–Kier alpha value is -2.38. The van der Waals surface area contributed by atoms with Crippen molar-refractivity contribution in [3.63, 3.8) is 0 Å². The number of benzene rings is 2. The van der Waals surface area contributed by atoms with E-state index in [2.05, 4.69) is 27.6 Å². The molecule has 122 valence electrons. The van der Waals surface area contributed by atoms with Gasteiger partial charge in [-0.1, -0.05) is 65.6 Å². The first-order chi connectivity index (χ1) is 11.7. The molecule has 0 saturated heterocycles. The van der Waals surface area contributed by atoms with Gasteiger partial charge in [0.1, 0.15) is 0 Å². The molecule has 0 radical (unpaired) electrons. The number of thioether (sulfide) groups is 1. The molecule has 0 fully saturated rings. The van der Waals surface area contributed by atoms with E-state index in [-0.39, 0.29) is 0 Å². The van der Waals surface area contributed by atoms with E-state index < -0.39 is 5.91 Å². The predicted molar refractivity (Wildman–Crippen MR) is 98.2 cm³/mol. The van der Waals surface area contributed by atoms with Gasteiger partial charge in [0.05, 0.1) is 0 Å². The number of anilines is 1. The third kappa shape index (κ3) is 4.56. The Kier molecular flexibility index (Phi) is 5.45. The number of nitrogens with zero attached hydrogens (tertiary/aromatic N) is 2. The molecule has 3 rings (SSSR count). The maximum Gasteiger partial charge on any atom is 0.248 e. The molecule has 5 nitrogen and oxygen atoms in total. The van der Waals surface area contributed by atoms with Crippen molar-refractivity contribution in [2.45, 2.75) is 16.6 Å². The fourth-order valence-electron chi connectivity index (χ4n) is 2.02. The Bertz CT molecular complexity index is 803. The molecular formula is C17H16N4OS2. The van der Waals surface area contributed by atoms with Gasteiger partial charge in [-0.05, 0) is 23.3 Å². The third-order valence-corrected chi connectivity index (χ3v) is 5.38. The largest absolute Gasteiger partial charge is 0.366 e. The van der Waals surface area contributed by atoms with Gasteiger partial charge in [0.15, 0.2) is 4.34 Å². The van der Waals surface area contributed by atoms with Gasteiger partial charge in [0.25, 0.3) is 0 Å². The molecule has 0 spiro atoms. The van der Waals surface area contributed by atoms with Crippen molar-refractivity contribution in [2.24, 2.45) is 5.73 Å². The Morgan fingerprint density at radius 1 is 1.04 bits per heavy atom. The summed E-state index contributed by atoms with van der Waals surface area (Å²) in [6.07, 6.45) is 0. The van der Waals surface area contributed by atoms with Crippen molar-refractivity contribution in [3.05, 3.63) is 71.3 Å². The van der Waals surface area contributed by atoms with Gasteiger partial charge in [-0.2, -0.15) is 0 Å². The van der Waals surface area contributed by atoms with Crippen LogP contribution in [0.15, 0.2) is 58.9 Å². The summed E-state index contributed by atoms with van der Waals surface area (Å²) in [7, 11) is 0. The van der Waals surface area contributed by atoms with E-state index in [0.717, 1.165) is 27.3 Å². The number of rotatable bonds is 7. The maximum atomic E-state index is 11.1. The van der Waals surface area contributed by atoms with Gasteiger partial charge in [-0.15, -0.1) is 10.2 Å². The number of carbonyl (C=O) groups is 1. The summed E-state index contributed by atoms with van der Waals surface area (Å²) in [4.78, 5) is 11.1. The second-order valence-corrected chi connectivity index (χ2v) is 7.26. The zero-order valence-electron chi connectivity index (χ0n) is 12.8. The summed E-state index contributed by atoms with van der Waals surface area (Å²) in [6, 6.07) is 17.5. The Balaban J connectivity index is 1.51. The molecule has 0 atom stereocenters. The van der Waals surface area contributed by atoms with E-state index in [0.29, 0.717) is 5.56 Å². The van der Waals surface area contributed by atoms with Crippen LogP contribution in [-0.2, 0) is 12.3 Å². The zero-order chi connectivity index (χ0) is 16.8. The molecule has 0 aliphatic carbocycles. The average Bonchev–Trinajstić information content (AvgIpc) is 3.07. The van der Waals surface area contributed by atoms with Crippen molar-refractivity contribution >= 4 is 34.1 Å². The van der Waals surface area contributed by atoms with Crippen LogP contribution in [-0.4, -0.2) is 16.1 Å². The van der Waals surface area contributed by atoms with E-state index in [1.54, 1.807) is 23.9 Å². The minimum Gasteiger partial charge on any atom is -0.366 e. The first kappa shape index (κ1) is 16.5. The standard InChI is InChI=1S/C17H16N4OS2/c18-15(22)14-8-6-13(7-9-14)11-23-17-21-20-16(24-17)19-10-12-4-2-1-3-5-12/h1-9H,10-11H2,(H2,18,22)(H,19,20). The van der Waals surface area contributed by atoms with Crippen LogP contribution >= 0.6 is 23.1 Å². The van der Waals surface area contributed by atoms with Gasteiger partial charge in [0.2, 0.25) is 11.0 Å². The minimum atomic E-state index is -0.410. The summed E-state index contributed by atoms with van der Waals surface area (Å²) >= 11 is 3.15. The van der Waals surface area contributed by atoms with Crippen LogP contribution < -0.4 is 11.1 Å². The van der Waals surface area contributed by atoms with E-state index in [9.17, 15) is 4.79 Å². The fraction of sp³-hybridized carbons (Fsp3) is 0.118. The maximum absolute atomic E-state index is 11.1. The third-order valence-electron chi connectivity index (χ3n) is 3.29. The highest BCUT2D eigenvalue weighted by atomic mass is 32.2. The number of hydrogen-bond donors (Lipinski definition) is 2. The Morgan fingerprint density at radius 2 is 1.79 bits per heavy atom. The molecule has 1 aromatic heterocycles. The number of aromatic nitrogens is 2. The van der Waals surface area contributed by atoms with Crippen molar-refractivity contribution in [2.75, 3.05) is 5.32 Å². The highest BCUT2D eigenvalue weighted by Gasteiger charge is 2.06. The molecule has 24 heavy (non-hydrogen) atoms. The van der Waals surface area contributed by atoms with Gasteiger partial charge in [-0.3, -0.25) is 4.79 Å². The van der Waals surface area contributed by atoms with Crippen molar-refractivity contribution in [1.29, 1.82) is 0 Å². The first-order valence-corrected chi connectivity index (χ1v) is 9.14. The summed E-state index contributed by atoms with van der Waals surface area (Å²) in [5, 5.41) is 12.4. The quantitative estimate of drug-likeness (QED) is 0.633. The van der Waals surface area contributed by atoms with Crippen LogP contribution in [0.4, 0.5) is 5.13 Å². The SMILES string of the molecule is NC(=O)c1ccc(CSc2nnc(NCc3ccccc3)s2)cc1. The molecule has 0 unspecified atom stereocenters. The van der Waals surface area contributed by atoms with E-state index in [1.807, 2.05) is 30.3 Å². The number of amides is 1. The van der Waals surface area contributed by atoms with Gasteiger partial charge < -0.3 is 11.1 Å². The molecule has 0 aliphatic heterocycles. The number of nitrogens with one attached hydrogen (secondary N) is 1. The smallest absolute Gasteiger partial charge is 0.248 e. The lowest BCUT2D eigenvalue weighted by Crippen LogP contribution is -2.10. The number of carbonyl (C=O) groups excluding carboxylic acids is 1. The van der Waals surface area contributed by atoms with Crippen LogP contribution in [0.5, 0.6) is 0 Å². The molecule has 0 saturated carbocycles. The van der Waals surface area contributed by atoms with Crippen LogP contribution in [0.2, 0.25) is 0 Å². The van der Waals surface area contributed by atoms with Crippen molar-refractivity contribution in [3.8, 4) is 0 Å². The summed E-state index contributed by atoms with van der Waals surface area (Å²) in [5.41, 5.74) is 8.07. The summed E-state index contributed by atoms with van der Waals surface area (Å²) < 4.78 is 0.907. The molecule has 1 heterocycles. The Labute approximate surface area is 148 Å². The monoisotopic (exact) mass is 356 g/mol. The molecule has 2 aromatic carbocycles. The van der Waals surface area contributed by atoms with Crippen LogP contribution in [0.3, 0.4) is 0 Å². The lowest BCUT2D eigenvalue weighted by Gasteiger charge is -2.01. The van der Waals surface area contributed by atoms with E-state index in [4.69, 9.17) is 5.73 Å². The van der Waals surface area contributed by atoms with E-state index in [1.165, 1.54) is 16.9 Å². The highest BCUT2D eigenvalue weighted by Crippen LogP contribution is 2.28. The second-order valence-electron chi connectivity index (χ2n) is 5.06. The summed E-state index contributed by atoms with van der Waals surface area (Å²) in [5.74, 6) is 0.360. The number of nitrogens with two attached hydrogens (primary N) is 1. The van der Waals surface area contributed by atoms with Gasteiger partial charge in [0, 0.05) is 17.9 Å². The molecule has 3 N–H and O–H groups in total. The minimum absolute atomic E-state index is 0.410. The van der Waals surface area contributed by atoms with Crippen molar-refractivity contribution < 1.29 is 4.79 Å². The van der Waals surface area contributed by atoms with Crippen LogP contribution in [0.1, 0.15) is 21.5 Å². The number of hydrogen-bond acceptors (Lipinski definition) is 6. The Morgan fingerprint density at radius 3 is 2.50 bits per heavy atom. The molecule has 0 bridgehead atoms. The lowest BCUT2D eigenvalue weighted by molar-refractivity contribution is 0.100. The first-order valence-electron chi connectivity index (χ1n) is 7.33. The normalized spacial score (nSPS) is 10.5. The lowest BCUT2D eigenvalue weighted by atomic mass is 10.1. The average molecular weight is 356 g/mol. The fourth-order valence-corrected chi connectivity index (χ4v) is 3.73. The highest BCUT2D eigenvalue weighted by molar-refractivity contribution is 8.00. The van der Waals surface area contributed by atoms with Crippen molar-refractivity contribution in [1.82, 2.24) is 10.2 Å². The van der Waals surface area contributed by atoms with Gasteiger partial charge >= 0.3 is 0 Å². The molecule has 1 amide bonds. The zero-order valence-corrected chi connectivity index (χ0v) is 14.4. The number of primary amides is 1. The second kappa shape index (κ2) is 7.94. The topological polar surface area (TPSA) is 80.9 Å².